The van der Waals surface area contributed by atoms with Crippen LogP contribution in [0.1, 0.15) is 93.2 Å². The summed E-state index contributed by atoms with van der Waals surface area (Å²) >= 11 is 0. The van der Waals surface area contributed by atoms with Gasteiger partial charge in [0.2, 0.25) is 41.4 Å². The number of carbonyl (C=O) groups is 8. The van der Waals surface area contributed by atoms with E-state index in [1.54, 1.807) is 81.6 Å². The van der Waals surface area contributed by atoms with Crippen LogP contribution < -0.4 is 54.0 Å². The largest absolute Gasteiger partial charge is 0.480 e. The highest BCUT2D eigenvalue weighted by Gasteiger charge is 2.38. The Morgan fingerprint density at radius 2 is 0.840 bits per heavy atom. The molecule has 22 heteroatoms. The van der Waals surface area contributed by atoms with Gasteiger partial charge >= 0.3 is 5.97 Å². The average molecular weight is 1040 g/mol. The molecule has 0 aliphatic carbocycles. The first-order chi connectivity index (χ1) is 35.3. The predicted octanol–water partition coefficient (Wildman–Crippen LogP) is 1.78. The van der Waals surface area contributed by atoms with Crippen molar-refractivity contribution in [2.75, 3.05) is 6.54 Å². The summed E-state index contributed by atoms with van der Waals surface area (Å²) in [5.74, 6) is -8.86. The molecule has 2 heterocycles. The first-order valence-corrected chi connectivity index (χ1v) is 25.6. The molecule has 410 valence electrons. The van der Waals surface area contributed by atoms with E-state index in [4.69, 9.17) is 16.9 Å². The van der Waals surface area contributed by atoms with Crippen LogP contribution in [-0.4, -0.2) is 123 Å². The number of carboxylic acid groups (broad SMARTS) is 1. The van der Waals surface area contributed by atoms with Crippen LogP contribution in [0.4, 0.5) is 0 Å². The molecule has 4 aromatic rings. The number of rotatable bonds is 28. The maximum Gasteiger partial charge on any atom is 0.326 e. The second kappa shape index (κ2) is 27.7. The molecule has 0 saturated carbocycles. The van der Waals surface area contributed by atoms with Crippen molar-refractivity contribution < 1.29 is 43.5 Å². The Bertz CT molecular complexity index is 2640. The third kappa shape index (κ3) is 17.0. The Labute approximate surface area is 438 Å². The molecule has 0 bridgehead atoms. The van der Waals surface area contributed by atoms with Crippen molar-refractivity contribution in [2.24, 2.45) is 41.1 Å². The molecule has 0 spiro atoms. The van der Waals surface area contributed by atoms with Crippen LogP contribution in [0.5, 0.6) is 0 Å². The Morgan fingerprint density at radius 3 is 1.20 bits per heavy atom. The summed E-state index contributed by atoms with van der Waals surface area (Å²) in [4.78, 5) is 116. The van der Waals surface area contributed by atoms with Crippen molar-refractivity contribution in [3.63, 3.8) is 0 Å². The highest BCUT2D eigenvalue weighted by Crippen LogP contribution is 2.21. The van der Waals surface area contributed by atoms with E-state index in [1.807, 2.05) is 48.5 Å². The van der Waals surface area contributed by atoms with Gasteiger partial charge in [-0.2, -0.15) is 0 Å². The minimum absolute atomic E-state index is 0.0252. The standard InChI is InChI=1S/C53H79N13O9/c1-26(2)40(47(69)61-39(52(74)75)23-32-25-59-37-20-14-12-17-34(32)37)63-49(71)42(28(5)6)65-51(73)44(30(9)10)66-50(72)43(29(7)8)64-48(70)41(27(3)4)62-46(68)38(22-31-24-58-36-19-13-11-16-33(31)36)60-45(67)35(54)18-15-21-57-53(55)56/h11-14,16-17,19-20,24-30,35,38-44,58-59H,15,18,21-23,54H2,1-10H3,(H,60,67)(H,61,69)(H,62,68)(H,63,71)(H,64,70)(H,65,73)(H,66,72)(H,74,75)(H4,55,56,57)/t35-,38-,39-,40-,41-,42-,43-,44-/m0/s1. The number of hydrogen-bond donors (Lipinski definition) is 14. The molecule has 22 nitrogen and oxygen atoms in total. The Kier molecular flexibility index (Phi) is 22.2. The number of carboxylic acids is 1. The number of H-pyrrole nitrogens is 2. The number of aliphatic carboxylic acids is 1. The molecule has 0 radical (unpaired) electrons. The first kappa shape index (κ1) is 60.1. The fourth-order valence-electron chi connectivity index (χ4n) is 8.57. The number of benzene rings is 2. The highest BCUT2D eigenvalue weighted by atomic mass is 16.4. The van der Waals surface area contributed by atoms with Crippen LogP contribution in [0.3, 0.4) is 0 Å². The minimum Gasteiger partial charge on any atom is -0.480 e. The van der Waals surface area contributed by atoms with Crippen molar-refractivity contribution in [3.05, 3.63) is 72.1 Å². The van der Waals surface area contributed by atoms with E-state index >= 15 is 0 Å². The van der Waals surface area contributed by atoms with Crippen molar-refractivity contribution in [2.45, 2.75) is 143 Å². The Morgan fingerprint density at radius 1 is 0.507 bits per heavy atom. The van der Waals surface area contributed by atoms with Crippen LogP contribution in [0.15, 0.2) is 60.9 Å². The lowest BCUT2D eigenvalue weighted by atomic mass is 9.96. The van der Waals surface area contributed by atoms with E-state index in [0.717, 1.165) is 27.4 Å². The molecular formula is C53H79N13O9. The summed E-state index contributed by atoms with van der Waals surface area (Å²) in [6.07, 6.45) is 4.08. The number of nitrogens with one attached hydrogen (secondary N) is 11. The van der Waals surface area contributed by atoms with Gasteiger partial charge in [0.05, 0.1) is 6.04 Å². The molecule has 0 aliphatic heterocycles. The van der Waals surface area contributed by atoms with Crippen LogP contribution in [-0.2, 0) is 51.2 Å². The molecule has 0 fully saturated rings. The Balaban J connectivity index is 1.46. The zero-order valence-electron chi connectivity index (χ0n) is 44.7. The van der Waals surface area contributed by atoms with E-state index in [0.29, 0.717) is 18.5 Å². The summed E-state index contributed by atoms with van der Waals surface area (Å²) in [5.41, 5.74) is 14.6. The van der Waals surface area contributed by atoms with E-state index < -0.39 is 125 Å². The van der Waals surface area contributed by atoms with Gasteiger partial charge in [0.25, 0.3) is 0 Å². The topological polar surface area (TPSA) is 360 Å². The number of guanidine groups is 1. The second-order valence-electron chi connectivity index (χ2n) is 20.8. The first-order valence-electron chi connectivity index (χ1n) is 25.6. The van der Waals surface area contributed by atoms with Crippen molar-refractivity contribution >= 4 is 75.1 Å². The maximum absolute atomic E-state index is 14.2. The molecule has 0 unspecified atom stereocenters. The van der Waals surface area contributed by atoms with E-state index in [2.05, 4.69) is 52.5 Å². The highest BCUT2D eigenvalue weighted by molar-refractivity contribution is 5.98. The number of para-hydroxylation sites is 2. The van der Waals surface area contributed by atoms with Crippen LogP contribution >= 0.6 is 0 Å². The van der Waals surface area contributed by atoms with Crippen molar-refractivity contribution in [1.82, 2.24) is 52.5 Å². The number of aromatic nitrogens is 2. The molecule has 7 amide bonds. The maximum atomic E-state index is 14.2. The van der Waals surface area contributed by atoms with Gasteiger partial charge in [0, 0.05) is 53.6 Å². The van der Waals surface area contributed by atoms with Gasteiger partial charge in [0.1, 0.15) is 42.3 Å². The number of carbonyl (C=O) groups excluding carboxylic acids is 7. The quantitative estimate of drug-likeness (QED) is 0.0220. The van der Waals surface area contributed by atoms with E-state index in [9.17, 15) is 43.5 Å². The molecule has 4 rings (SSSR count). The summed E-state index contributed by atoms with van der Waals surface area (Å²) < 4.78 is 0. The molecule has 0 aliphatic rings. The van der Waals surface area contributed by atoms with Gasteiger partial charge in [-0.3, -0.25) is 39.0 Å². The second-order valence-corrected chi connectivity index (χ2v) is 20.8. The number of amides is 7. The summed E-state index contributed by atoms with van der Waals surface area (Å²) in [6.45, 7) is 17.3. The van der Waals surface area contributed by atoms with Gasteiger partial charge in [-0.25, -0.2) is 4.79 Å². The van der Waals surface area contributed by atoms with Gasteiger partial charge in [-0.05, 0) is 65.7 Å². The molecule has 0 saturated heterocycles. The van der Waals surface area contributed by atoms with E-state index in [1.165, 1.54) is 0 Å². The molecule has 2 aromatic heterocycles. The Hall–Kier alpha value is -7.49. The van der Waals surface area contributed by atoms with Crippen LogP contribution in [0.25, 0.3) is 21.8 Å². The SMILES string of the molecule is CC(C)[C@H](NC(=O)[C@H](Cc1c[nH]c2ccccc12)NC(=O)[C@@H](N)CCCNC(=N)N)C(=O)N[C@H](C(=O)N[C@H](C(=O)N[C@H](C(=O)N[C@H](C(=O)N[C@@H](Cc1c[nH]c2ccccc12)C(=O)O)C(C)C)C(C)C)C(C)C)C(C)C. The zero-order valence-corrected chi connectivity index (χ0v) is 44.7. The van der Waals surface area contributed by atoms with Gasteiger partial charge in [-0.15, -0.1) is 0 Å². The smallest absolute Gasteiger partial charge is 0.326 e. The lowest BCUT2D eigenvalue weighted by Crippen LogP contribution is -2.63. The molecule has 8 atom stereocenters. The van der Waals surface area contributed by atoms with Crippen molar-refractivity contribution in [1.29, 1.82) is 5.41 Å². The summed E-state index contributed by atoms with van der Waals surface area (Å²) in [6, 6.07) is 5.32. The van der Waals surface area contributed by atoms with Gasteiger partial charge in [0.15, 0.2) is 5.96 Å². The number of aromatic amines is 2. The summed E-state index contributed by atoms with van der Waals surface area (Å²) in [5, 5.41) is 40.9. The minimum atomic E-state index is -1.32. The summed E-state index contributed by atoms with van der Waals surface area (Å²) in [7, 11) is 0. The predicted molar refractivity (Wildman–Crippen MR) is 286 cm³/mol. The molecule has 75 heavy (non-hydrogen) atoms. The number of hydrogen-bond acceptors (Lipinski definition) is 10. The fraction of sp³-hybridized carbons (Fsp3) is 0.528. The average Bonchev–Trinajstić information content (AvgIpc) is 3.95. The van der Waals surface area contributed by atoms with Crippen molar-refractivity contribution in [3.8, 4) is 0 Å². The van der Waals surface area contributed by atoms with Crippen LogP contribution in [0, 0.1) is 35.0 Å². The van der Waals surface area contributed by atoms with Gasteiger partial charge in [-0.1, -0.05) is 106 Å². The van der Waals surface area contributed by atoms with E-state index in [-0.39, 0.29) is 25.2 Å². The fourth-order valence-corrected chi connectivity index (χ4v) is 8.57. The van der Waals surface area contributed by atoms with Crippen LogP contribution in [0.2, 0.25) is 0 Å². The normalized spacial score (nSPS) is 14.8. The zero-order chi connectivity index (χ0) is 55.8. The number of nitrogens with two attached hydrogens (primary N) is 2. The third-order valence-corrected chi connectivity index (χ3v) is 13.0. The van der Waals surface area contributed by atoms with Gasteiger partial charge < -0.3 is 69.1 Å². The number of fused-ring (bicyclic) bond motifs is 2. The molecule has 16 N–H and O–H groups in total. The third-order valence-electron chi connectivity index (χ3n) is 13.0. The monoisotopic (exact) mass is 1040 g/mol. The lowest BCUT2D eigenvalue weighted by molar-refractivity contribution is -0.142. The lowest BCUT2D eigenvalue weighted by Gasteiger charge is -2.31. The molecular weight excluding hydrogens is 963 g/mol. The molecule has 2 aromatic carbocycles.